The molecule has 0 aromatic heterocycles. The van der Waals surface area contributed by atoms with Gasteiger partial charge in [-0.15, -0.1) is 0 Å². The van der Waals surface area contributed by atoms with E-state index in [9.17, 15) is 22.7 Å². The molecule has 3 rings (SSSR count). The highest BCUT2D eigenvalue weighted by atomic mass is 32.2. The summed E-state index contributed by atoms with van der Waals surface area (Å²) >= 11 is 0. The number of benzene rings is 2. The number of hydrogen-bond donors (Lipinski definition) is 1. The van der Waals surface area contributed by atoms with Crippen molar-refractivity contribution in [2.45, 2.75) is 17.9 Å². The van der Waals surface area contributed by atoms with Crippen LogP contribution in [-0.2, 0) is 10.0 Å². The molecule has 1 saturated heterocycles. The summed E-state index contributed by atoms with van der Waals surface area (Å²) in [7, 11) is -3.88. The fourth-order valence-electron chi connectivity index (χ4n) is 3.27. The van der Waals surface area contributed by atoms with Gasteiger partial charge in [-0.2, -0.15) is 4.31 Å². The lowest BCUT2D eigenvalue weighted by Gasteiger charge is -2.34. The van der Waals surface area contributed by atoms with Crippen molar-refractivity contribution < 1.29 is 27.4 Å². The second kappa shape index (κ2) is 9.65. The van der Waals surface area contributed by atoms with Crippen LogP contribution in [0.1, 0.15) is 17.3 Å². The lowest BCUT2D eigenvalue weighted by atomic mass is 10.1. The van der Waals surface area contributed by atoms with E-state index in [4.69, 9.17) is 4.74 Å². The van der Waals surface area contributed by atoms with Crippen LogP contribution in [0.3, 0.4) is 0 Å². The van der Waals surface area contributed by atoms with E-state index in [1.54, 1.807) is 24.3 Å². The third kappa shape index (κ3) is 5.42. The van der Waals surface area contributed by atoms with Gasteiger partial charge in [0.1, 0.15) is 29.2 Å². The molecule has 0 saturated carbocycles. The predicted octanol–water partition coefficient (Wildman–Crippen LogP) is 1.77. The highest BCUT2D eigenvalue weighted by molar-refractivity contribution is 7.89. The summed E-state index contributed by atoms with van der Waals surface area (Å²) in [5, 5.41) is 10.2. The van der Waals surface area contributed by atoms with Gasteiger partial charge in [-0.3, -0.25) is 9.69 Å². The Balaban J connectivity index is 1.47. The Morgan fingerprint density at radius 3 is 2.33 bits per heavy atom. The Kier molecular flexibility index (Phi) is 7.19. The van der Waals surface area contributed by atoms with E-state index in [0.29, 0.717) is 30.9 Å². The summed E-state index contributed by atoms with van der Waals surface area (Å²) in [6.45, 7) is 3.19. The van der Waals surface area contributed by atoms with E-state index in [0.717, 1.165) is 6.07 Å². The second-order valence-electron chi connectivity index (χ2n) is 7.18. The van der Waals surface area contributed by atoms with Crippen LogP contribution in [0.15, 0.2) is 53.4 Å². The Morgan fingerprint density at radius 2 is 1.73 bits per heavy atom. The number of piperazine rings is 1. The third-order valence-corrected chi connectivity index (χ3v) is 6.89. The molecule has 7 nitrogen and oxygen atoms in total. The minimum atomic E-state index is -3.88. The fourth-order valence-corrected chi connectivity index (χ4v) is 4.76. The molecule has 0 aliphatic carbocycles. The summed E-state index contributed by atoms with van der Waals surface area (Å²) in [5.41, 5.74) is 0.589. The largest absolute Gasteiger partial charge is 0.491 e. The molecule has 162 valence electrons. The van der Waals surface area contributed by atoms with Crippen molar-refractivity contribution in [3.8, 4) is 5.75 Å². The van der Waals surface area contributed by atoms with Crippen molar-refractivity contribution in [1.29, 1.82) is 0 Å². The van der Waals surface area contributed by atoms with Gasteiger partial charge in [0.25, 0.3) is 0 Å². The highest BCUT2D eigenvalue weighted by Gasteiger charge is 2.30. The molecule has 1 N–H and O–H groups in total. The lowest BCUT2D eigenvalue weighted by Crippen LogP contribution is -2.50. The van der Waals surface area contributed by atoms with Crippen LogP contribution in [0.2, 0.25) is 0 Å². The van der Waals surface area contributed by atoms with Crippen LogP contribution < -0.4 is 4.74 Å². The summed E-state index contributed by atoms with van der Waals surface area (Å²) < 4.78 is 46.0. The molecule has 0 radical (unpaired) electrons. The minimum absolute atomic E-state index is 0.0299. The predicted molar refractivity (Wildman–Crippen MR) is 110 cm³/mol. The number of carbonyl (C=O) groups excluding carboxylic acids is 1. The topological polar surface area (TPSA) is 87.2 Å². The zero-order chi connectivity index (χ0) is 21.7. The Hall–Kier alpha value is -2.33. The molecule has 0 amide bonds. The van der Waals surface area contributed by atoms with Crippen LogP contribution in [0.5, 0.6) is 5.75 Å². The smallest absolute Gasteiger partial charge is 0.246 e. The van der Waals surface area contributed by atoms with E-state index in [1.165, 1.54) is 29.4 Å². The first-order valence-corrected chi connectivity index (χ1v) is 11.1. The maximum Gasteiger partial charge on any atom is 0.246 e. The van der Waals surface area contributed by atoms with Crippen LogP contribution in [0.25, 0.3) is 0 Å². The van der Waals surface area contributed by atoms with Crippen LogP contribution >= 0.6 is 0 Å². The first kappa shape index (κ1) is 22.4. The monoisotopic (exact) mass is 436 g/mol. The first-order chi connectivity index (χ1) is 14.3. The van der Waals surface area contributed by atoms with Crippen molar-refractivity contribution >= 4 is 15.8 Å². The van der Waals surface area contributed by atoms with E-state index in [1.807, 2.05) is 4.90 Å². The second-order valence-corrected chi connectivity index (χ2v) is 9.09. The number of aliphatic hydroxyl groups excluding tert-OH is 1. The number of hydrogen-bond acceptors (Lipinski definition) is 6. The Labute approximate surface area is 175 Å². The molecule has 1 fully saturated rings. The van der Waals surface area contributed by atoms with Gasteiger partial charge in [-0.05, 0) is 43.3 Å². The van der Waals surface area contributed by atoms with Crippen molar-refractivity contribution in [2.75, 3.05) is 39.3 Å². The van der Waals surface area contributed by atoms with Crippen LogP contribution in [0, 0.1) is 5.82 Å². The fraction of sp³-hybridized carbons (Fsp3) is 0.381. The van der Waals surface area contributed by atoms with E-state index >= 15 is 0 Å². The number of carbonyl (C=O) groups is 1. The van der Waals surface area contributed by atoms with Crippen molar-refractivity contribution in [2.24, 2.45) is 0 Å². The average Bonchev–Trinajstić information content (AvgIpc) is 2.73. The first-order valence-electron chi connectivity index (χ1n) is 9.66. The number of β-amino-alcohol motifs (C(OH)–C–C–N with tert-alkyl or cyclic N) is 1. The number of ketones is 1. The minimum Gasteiger partial charge on any atom is -0.491 e. The summed E-state index contributed by atoms with van der Waals surface area (Å²) in [5.74, 6) is -0.235. The van der Waals surface area contributed by atoms with E-state index in [-0.39, 0.29) is 30.4 Å². The van der Waals surface area contributed by atoms with Gasteiger partial charge in [0, 0.05) is 38.3 Å². The van der Waals surface area contributed by atoms with Crippen LogP contribution in [0.4, 0.5) is 4.39 Å². The summed E-state index contributed by atoms with van der Waals surface area (Å²) in [6.07, 6.45) is -0.757. The number of rotatable bonds is 8. The standard InChI is InChI=1S/C21H25FN2O5S/c1-16(25)17-6-8-19(9-7-17)29-15-18(26)14-23-10-12-24(13-11-23)30(27,28)21-5-3-2-4-20(21)22/h2-9,18,26H,10-15H2,1H3/t18-/m0/s1. The molecule has 0 bridgehead atoms. The number of ether oxygens (including phenoxy) is 1. The molecule has 1 heterocycles. The molecule has 9 heteroatoms. The molecule has 2 aromatic rings. The molecular formula is C21H25FN2O5S. The summed E-state index contributed by atoms with van der Waals surface area (Å²) in [6, 6.07) is 12.0. The Bertz CT molecular complexity index is 973. The van der Waals surface area contributed by atoms with Gasteiger partial charge in [-0.25, -0.2) is 12.8 Å². The zero-order valence-corrected chi connectivity index (χ0v) is 17.5. The maximum atomic E-state index is 13.9. The summed E-state index contributed by atoms with van der Waals surface area (Å²) in [4.78, 5) is 12.9. The van der Waals surface area contributed by atoms with Gasteiger partial charge in [0.2, 0.25) is 10.0 Å². The molecule has 0 spiro atoms. The SMILES string of the molecule is CC(=O)c1ccc(OC[C@@H](O)CN2CCN(S(=O)(=O)c3ccccc3F)CC2)cc1. The van der Waals surface area contributed by atoms with E-state index < -0.39 is 21.9 Å². The third-order valence-electron chi connectivity index (χ3n) is 4.96. The van der Waals surface area contributed by atoms with Gasteiger partial charge in [0.15, 0.2) is 5.78 Å². The number of nitrogens with zero attached hydrogens (tertiary/aromatic N) is 2. The van der Waals surface area contributed by atoms with Crippen molar-refractivity contribution in [3.63, 3.8) is 0 Å². The van der Waals surface area contributed by atoms with Crippen LogP contribution in [-0.4, -0.2) is 73.9 Å². The van der Waals surface area contributed by atoms with Crippen molar-refractivity contribution in [1.82, 2.24) is 9.21 Å². The number of Topliss-reactive ketones (excluding diaryl/α,β-unsaturated/α-hetero) is 1. The number of halogens is 1. The molecule has 30 heavy (non-hydrogen) atoms. The molecule has 2 aromatic carbocycles. The molecule has 1 aliphatic rings. The molecule has 1 atom stereocenters. The lowest BCUT2D eigenvalue weighted by molar-refractivity contribution is 0.0568. The van der Waals surface area contributed by atoms with Crippen molar-refractivity contribution in [3.05, 3.63) is 59.9 Å². The van der Waals surface area contributed by atoms with Gasteiger partial charge in [0.05, 0.1) is 0 Å². The quantitative estimate of drug-likeness (QED) is 0.635. The molecule has 0 unspecified atom stereocenters. The van der Waals surface area contributed by atoms with Gasteiger partial charge in [-0.1, -0.05) is 12.1 Å². The normalized spacial score (nSPS) is 16.9. The van der Waals surface area contributed by atoms with E-state index in [2.05, 4.69) is 0 Å². The Morgan fingerprint density at radius 1 is 1.10 bits per heavy atom. The highest BCUT2D eigenvalue weighted by Crippen LogP contribution is 2.20. The van der Waals surface area contributed by atoms with Gasteiger partial charge < -0.3 is 9.84 Å². The number of aliphatic hydroxyl groups is 1. The average molecular weight is 437 g/mol. The van der Waals surface area contributed by atoms with Gasteiger partial charge >= 0.3 is 0 Å². The molecule has 1 aliphatic heterocycles. The number of sulfonamides is 1. The molecular weight excluding hydrogens is 411 g/mol. The maximum absolute atomic E-state index is 13.9. The zero-order valence-electron chi connectivity index (χ0n) is 16.7.